The predicted octanol–water partition coefficient (Wildman–Crippen LogP) is 3.75. The molecule has 0 bridgehead atoms. The van der Waals surface area contributed by atoms with Gasteiger partial charge in [-0.15, -0.1) is 0 Å². The van der Waals surface area contributed by atoms with Crippen molar-refractivity contribution in [1.29, 1.82) is 0 Å². The first-order valence-electron chi connectivity index (χ1n) is 9.83. The number of carbonyl (C=O) groups excluding carboxylic acids is 3. The molecule has 0 saturated heterocycles. The number of hydrogen-bond acceptors (Lipinski definition) is 3. The van der Waals surface area contributed by atoms with Crippen LogP contribution in [0.3, 0.4) is 0 Å². The molecule has 164 valence electrons. The van der Waals surface area contributed by atoms with E-state index in [0.29, 0.717) is 5.02 Å². The molecular formula is C24H21Cl2N3O3. The smallest absolute Gasteiger partial charge is 0.253 e. The normalized spacial score (nSPS) is 10.5. The van der Waals surface area contributed by atoms with Crippen molar-refractivity contribution in [3.8, 4) is 0 Å². The maximum Gasteiger partial charge on any atom is 0.253 e. The van der Waals surface area contributed by atoms with Crippen molar-refractivity contribution >= 4 is 40.9 Å². The quantitative estimate of drug-likeness (QED) is 0.469. The largest absolute Gasteiger partial charge is 0.346 e. The fourth-order valence-corrected chi connectivity index (χ4v) is 3.53. The average Bonchev–Trinajstić information content (AvgIpc) is 2.80. The molecule has 32 heavy (non-hydrogen) atoms. The summed E-state index contributed by atoms with van der Waals surface area (Å²) < 4.78 is 0. The van der Waals surface area contributed by atoms with Crippen molar-refractivity contribution in [2.75, 3.05) is 13.1 Å². The van der Waals surface area contributed by atoms with Crippen LogP contribution in [0.2, 0.25) is 10.0 Å². The second-order valence-electron chi connectivity index (χ2n) is 6.91. The molecule has 0 radical (unpaired) electrons. The molecule has 0 unspecified atom stereocenters. The van der Waals surface area contributed by atoms with E-state index in [-0.39, 0.29) is 35.6 Å². The van der Waals surface area contributed by atoms with Crippen molar-refractivity contribution in [2.24, 2.45) is 0 Å². The third-order valence-corrected chi connectivity index (χ3v) is 5.15. The zero-order valence-corrected chi connectivity index (χ0v) is 18.5. The van der Waals surface area contributed by atoms with Crippen molar-refractivity contribution in [1.82, 2.24) is 16.0 Å². The summed E-state index contributed by atoms with van der Waals surface area (Å²) in [7, 11) is 0. The Morgan fingerprint density at radius 1 is 0.719 bits per heavy atom. The van der Waals surface area contributed by atoms with Gasteiger partial charge in [0.2, 0.25) is 11.8 Å². The van der Waals surface area contributed by atoms with Crippen LogP contribution in [0.4, 0.5) is 0 Å². The summed E-state index contributed by atoms with van der Waals surface area (Å²) >= 11 is 11.8. The minimum atomic E-state index is -0.514. The monoisotopic (exact) mass is 469 g/mol. The predicted molar refractivity (Wildman–Crippen MR) is 125 cm³/mol. The van der Waals surface area contributed by atoms with Crippen LogP contribution in [0.5, 0.6) is 0 Å². The lowest BCUT2D eigenvalue weighted by Gasteiger charge is -2.20. The number of halogens is 2. The van der Waals surface area contributed by atoms with E-state index in [0.717, 1.165) is 11.1 Å². The first-order chi connectivity index (χ1) is 15.4. The van der Waals surface area contributed by atoms with E-state index in [4.69, 9.17) is 23.2 Å². The Morgan fingerprint density at radius 3 is 1.84 bits per heavy atom. The zero-order valence-electron chi connectivity index (χ0n) is 17.0. The van der Waals surface area contributed by atoms with E-state index in [9.17, 15) is 14.4 Å². The van der Waals surface area contributed by atoms with E-state index >= 15 is 0 Å². The lowest BCUT2D eigenvalue weighted by Crippen LogP contribution is -2.43. The third-order valence-electron chi connectivity index (χ3n) is 4.60. The van der Waals surface area contributed by atoms with Crippen LogP contribution in [-0.2, 0) is 9.59 Å². The Bertz CT molecular complexity index is 1050. The van der Waals surface area contributed by atoms with Gasteiger partial charge in [-0.1, -0.05) is 83.9 Å². The van der Waals surface area contributed by atoms with Crippen LogP contribution < -0.4 is 16.0 Å². The Kier molecular flexibility index (Phi) is 8.25. The summed E-state index contributed by atoms with van der Waals surface area (Å²) in [5, 5.41) is 8.49. The summed E-state index contributed by atoms with van der Waals surface area (Å²) in [5.74, 6) is -1.38. The van der Waals surface area contributed by atoms with Gasteiger partial charge in [-0.25, -0.2) is 0 Å². The molecular weight excluding hydrogens is 449 g/mol. The number of nitrogens with one attached hydrogen (secondary N) is 3. The van der Waals surface area contributed by atoms with Crippen molar-refractivity contribution in [3.05, 3.63) is 106 Å². The van der Waals surface area contributed by atoms with Crippen LogP contribution >= 0.6 is 23.2 Å². The molecule has 3 N–H and O–H groups in total. The number of carbonyl (C=O) groups is 3. The maximum absolute atomic E-state index is 12.5. The fourth-order valence-electron chi connectivity index (χ4n) is 3.03. The standard InChI is InChI=1S/C24H21Cl2N3O3/c25-18-11-12-19(20(26)13-18)24(32)28-14-21(30)27-15-22(31)29-23(16-7-3-1-4-8-16)17-9-5-2-6-10-17/h1-13,23H,14-15H2,(H,27,30)(H,28,32)(H,29,31). The molecule has 3 rings (SSSR count). The van der Waals surface area contributed by atoms with Gasteiger partial charge in [0.15, 0.2) is 0 Å². The molecule has 0 saturated carbocycles. The summed E-state index contributed by atoms with van der Waals surface area (Å²) in [4.78, 5) is 36.8. The molecule has 0 aliphatic carbocycles. The number of hydrogen-bond donors (Lipinski definition) is 3. The van der Waals surface area contributed by atoms with Crippen LogP contribution in [0.1, 0.15) is 27.5 Å². The Morgan fingerprint density at radius 2 is 1.28 bits per heavy atom. The third kappa shape index (κ3) is 6.57. The van der Waals surface area contributed by atoms with Gasteiger partial charge in [0, 0.05) is 5.02 Å². The molecule has 0 atom stereocenters. The summed E-state index contributed by atoms with van der Waals surface area (Å²) in [6.45, 7) is -0.529. The van der Waals surface area contributed by atoms with E-state index in [2.05, 4.69) is 16.0 Å². The number of benzene rings is 3. The average molecular weight is 470 g/mol. The van der Waals surface area contributed by atoms with E-state index in [1.165, 1.54) is 18.2 Å². The van der Waals surface area contributed by atoms with E-state index in [1.807, 2.05) is 60.7 Å². The van der Waals surface area contributed by atoms with Gasteiger partial charge in [-0.3, -0.25) is 14.4 Å². The molecule has 0 spiro atoms. The fraction of sp³-hybridized carbons (Fsp3) is 0.125. The summed E-state index contributed by atoms with van der Waals surface area (Å²) in [6.07, 6.45) is 0. The minimum absolute atomic E-state index is 0.183. The van der Waals surface area contributed by atoms with E-state index in [1.54, 1.807) is 0 Å². The van der Waals surface area contributed by atoms with Crippen LogP contribution in [-0.4, -0.2) is 30.8 Å². The van der Waals surface area contributed by atoms with Crippen LogP contribution in [0.25, 0.3) is 0 Å². The first kappa shape index (κ1) is 23.3. The topological polar surface area (TPSA) is 87.3 Å². The maximum atomic E-state index is 12.5. The van der Waals surface area contributed by atoms with Gasteiger partial charge in [-0.05, 0) is 29.3 Å². The van der Waals surface area contributed by atoms with Crippen LogP contribution in [0.15, 0.2) is 78.9 Å². The van der Waals surface area contributed by atoms with E-state index < -0.39 is 11.8 Å². The number of amides is 3. The van der Waals surface area contributed by atoms with Gasteiger partial charge in [0.1, 0.15) is 0 Å². The molecule has 6 nitrogen and oxygen atoms in total. The van der Waals surface area contributed by atoms with Gasteiger partial charge < -0.3 is 16.0 Å². The molecule has 0 aliphatic heterocycles. The Balaban J connectivity index is 1.52. The van der Waals surface area contributed by atoms with Gasteiger partial charge >= 0.3 is 0 Å². The van der Waals surface area contributed by atoms with Gasteiger partial charge in [0.25, 0.3) is 5.91 Å². The Labute approximate surface area is 195 Å². The highest BCUT2D eigenvalue weighted by molar-refractivity contribution is 6.36. The van der Waals surface area contributed by atoms with Gasteiger partial charge in [0.05, 0.1) is 29.7 Å². The van der Waals surface area contributed by atoms with Crippen LogP contribution in [0, 0.1) is 0 Å². The highest BCUT2D eigenvalue weighted by Crippen LogP contribution is 2.22. The van der Waals surface area contributed by atoms with Gasteiger partial charge in [-0.2, -0.15) is 0 Å². The molecule has 0 aliphatic rings. The second-order valence-corrected chi connectivity index (χ2v) is 7.75. The second kappa shape index (κ2) is 11.3. The molecule has 0 fully saturated rings. The zero-order chi connectivity index (χ0) is 22.9. The molecule has 0 aromatic heterocycles. The molecule has 8 heteroatoms. The Hall–Kier alpha value is -3.35. The summed E-state index contributed by atoms with van der Waals surface area (Å²) in [5.41, 5.74) is 2.05. The SMILES string of the molecule is O=C(CNC(=O)c1ccc(Cl)cc1Cl)NCC(=O)NC(c1ccccc1)c1ccccc1. The van der Waals surface area contributed by atoms with Crippen molar-refractivity contribution in [3.63, 3.8) is 0 Å². The molecule has 3 aromatic carbocycles. The minimum Gasteiger partial charge on any atom is -0.346 e. The van der Waals surface area contributed by atoms with Crippen molar-refractivity contribution in [2.45, 2.75) is 6.04 Å². The lowest BCUT2D eigenvalue weighted by molar-refractivity contribution is -0.125. The highest BCUT2D eigenvalue weighted by atomic mass is 35.5. The highest BCUT2D eigenvalue weighted by Gasteiger charge is 2.17. The molecule has 3 aromatic rings. The first-order valence-corrected chi connectivity index (χ1v) is 10.6. The van der Waals surface area contributed by atoms with Crippen molar-refractivity contribution < 1.29 is 14.4 Å². The molecule has 0 heterocycles. The molecule has 3 amide bonds. The number of rotatable bonds is 8. The summed E-state index contributed by atoms with van der Waals surface area (Å²) in [6, 6.07) is 23.2. The lowest BCUT2D eigenvalue weighted by atomic mass is 9.99.